The van der Waals surface area contributed by atoms with Crippen molar-refractivity contribution < 1.29 is 17.9 Å². The molecule has 1 heterocycles. The number of thiophene rings is 1. The van der Waals surface area contributed by atoms with Gasteiger partial charge in [-0.25, -0.2) is 8.42 Å². The van der Waals surface area contributed by atoms with E-state index in [0.717, 1.165) is 10.1 Å². The molecule has 0 bridgehead atoms. The number of para-hydroxylation sites is 1. The molecule has 0 fully saturated rings. The number of carbonyl (C=O) groups is 1. The van der Waals surface area contributed by atoms with E-state index in [1.54, 1.807) is 37.3 Å². The largest absolute Gasteiger partial charge is 0.495 e. The minimum absolute atomic E-state index is 0.0654. The number of ether oxygens (including phenoxy) is 1. The van der Waals surface area contributed by atoms with Gasteiger partial charge in [-0.2, -0.15) is 0 Å². The molecule has 0 atom stereocenters. The van der Waals surface area contributed by atoms with Gasteiger partial charge in [0.25, 0.3) is 15.9 Å². The van der Waals surface area contributed by atoms with E-state index in [9.17, 15) is 13.2 Å². The van der Waals surface area contributed by atoms with Gasteiger partial charge in [-0.3, -0.25) is 9.10 Å². The molecule has 1 aromatic heterocycles. The molecule has 0 aliphatic heterocycles. The van der Waals surface area contributed by atoms with Gasteiger partial charge >= 0.3 is 0 Å². The predicted octanol–water partition coefficient (Wildman–Crippen LogP) is 5.38. The lowest BCUT2D eigenvalue weighted by molar-refractivity contribution is 0.103. The maximum Gasteiger partial charge on any atom is 0.265 e. The first-order chi connectivity index (χ1) is 15.4. The number of hydrogen-bond donors (Lipinski definition) is 1. The Hall–Kier alpha value is -3.36. The maximum atomic E-state index is 13.4. The van der Waals surface area contributed by atoms with Gasteiger partial charge in [-0.15, -0.1) is 11.3 Å². The van der Waals surface area contributed by atoms with Crippen LogP contribution >= 0.6 is 11.3 Å². The Morgan fingerprint density at radius 3 is 2.41 bits per heavy atom. The highest BCUT2D eigenvalue weighted by atomic mass is 32.2. The molecule has 0 radical (unpaired) electrons. The molecule has 4 aromatic rings. The lowest BCUT2D eigenvalue weighted by atomic mass is 10.2. The number of anilines is 2. The molecule has 0 aliphatic rings. The Kier molecular flexibility index (Phi) is 6.16. The van der Waals surface area contributed by atoms with Gasteiger partial charge in [-0.05, 0) is 54.8 Å². The monoisotopic (exact) mass is 466 g/mol. The summed E-state index contributed by atoms with van der Waals surface area (Å²) in [5, 5.41) is 3.79. The van der Waals surface area contributed by atoms with Crippen LogP contribution in [0.4, 0.5) is 11.4 Å². The lowest BCUT2D eigenvalue weighted by Crippen LogP contribution is -2.30. The molecule has 0 saturated heterocycles. The van der Waals surface area contributed by atoms with Gasteiger partial charge in [0.15, 0.2) is 0 Å². The van der Waals surface area contributed by atoms with Crippen molar-refractivity contribution in [2.75, 3.05) is 23.3 Å². The molecule has 4 rings (SSSR count). The molecular formula is C24H22N2O4S2. The molecule has 1 N–H and O–H groups in total. The van der Waals surface area contributed by atoms with E-state index in [1.807, 2.05) is 36.4 Å². The van der Waals surface area contributed by atoms with Gasteiger partial charge in [0.05, 0.1) is 28.3 Å². The lowest BCUT2D eigenvalue weighted by Gasteiger charge is -2.23. The maximum absolute atomic E-state index is 13.4. The van der Waals surface area contributed by atoms with Crippen molar-refractivity contribution in [3.8, 4) is 5.75 Å². The Bertz CT molecular complexity index is 1330. The quantitative estimate of drug-likeness (QED) is 0.397. The van der Waals surface area contributed by atoms with Crippen LogP contribution in [0.25, 0.3) is 10.1 Å². The summed E-state index contributed by atoms with van der Waals surface area (Å²) in [4.78, 5) is 13.5. The second kappa shape index (κ2) is 9.02. The molecule has 0 saturated carbocycles. The number of amides is 1. The van der Waals surface area contributed by atoms with E-state index in [1.165, 1.54) is 34.9 Å². The van der Waals surface area contributed by atoms with Crippen LogP contribution in [-0.2, 0) is 10.0 Å². The van der Waals surface area contributed by atoms with Crippen LogP contribution in [-0.4, -0.2) is 28.0 Å². The minimum atomic E-state index is -3.84. The first-order valence-electron chi connectivity index (χ1n) is 10.00. The average molecular weight is 467 g/mol. The first-order valence-corrected chi connectivity index (χ1v) is 12.3. The van der Waals surface area contributed by atoms with Crippen molar-refractivity contribution >= 4 is 48.7 Å². The molecule has 32 heavy (non-hydrogen) atoms. The van der Waals surface area contributed by atoms with Crippen molar-refractivity contribution in [3.63, 3.8) is 0 Å². The summed E-state index contributed by atoms with van der Waals surface area (Å²) in [6.45, 7) is 2.04. The van der Waals surface area contributed by atoms with Crippen LogP contribution in [0.2, 0.25) is 0 Å². The van der Waals surface area contributed by atoms with Gasteiger partial charge < -0.3 is 10.1 Å². The number of nitrogens with one attached hydrogen (secondary N) is 1. The van der Waals surface area contributed by atoms with Crippen molar-refractivity contribution in [2.24, 2.45) is 0 Å². The average Bonchev–Trinajstić information content (AvgIpc) is 3.24. The van der Waals surface area contributed by atoms with Crippen LogP contribution < -0.4 is 14.4 Å². The summed E-state index contributed by atoms with van der Waals surface area (Å²) < 4.78 is 34.4. The normalized spacial score (nSPS) is 11.3. The van der Waals surface area contributed by atoms with Crippen LogP contribution in [0.5, 0.6) is 5.75 Å². The summed E-state index contributed by atoms with van der Waals surface area (Å²) in [7, 11) is -2.37. The van der Waals surface area contributed by atoms with Crippen LogP contribution in [0.1, 0.15) is 16.6 Å². The molecule has 164 valence electrons. The van der Waals surface area contributed by atoms with Gasteiger partial charge in [0.2, 0.25) is 0 Å². The second-order valence-electron chi connectivity index (χ2n) is 6.97. The smallest absolute Gasteiger partial charge is 0.265 e. The Morgan fingerprint density at radius 2 is 1.72 bits per heavy atom. The number of methoxy groups -OCH3 is 1. The fraction of sp³-hybridized carbons (Fsp3) is 0.125. The number of nitrogens with zero attached hydrogens (tertiary/aromatic N) is 1. The number of rotatable bonds is 7. The molecule has 3 aromatic carbocycles. The highest BCUT2D eigenvalue weighted by Gasteiger charge is 2.25. The van der Waals surface area contributed by atoms with E-state index in [-0.39, 0.29) is 17.3 Å². The Balaban J connectivity index is 1.68. The Labute approximate surface area is 191 Å². The summed E-state index contributed by atoms with van der Waals surface area (Å²) in [6, 6.07) is 22.9. The molecule has 0 spiro atoms. The summed E-state index contributed by atoms with van der Waals surface area (Å²) in [5.41, 5.74) is 0.863. The third-order valence-corrected chi connectivity index (χ3v) is 8.00. The molecular weight excluding hydrogens is 444 g/mol. The van der Waals surface area contributed by atoms with Crippen LogP contribution in [0.15, 0.2) is 83.8 Å². The van der Waals surface area contributed by atoms with E-state index in [4.69, 9.17) is 4.74 Å². The Morgan fingerprint density at radius 1 is 1.00 bits per heavy atom. The highest BCUT2D eigenvalue weighted by Crippen LogP contribution is 2.32. The number of carbonyl (C=O) groups excluding carboxylic acids is 1. The minimum Gasteiger partial charge on any atom is -0.495 e. The molecule has 8 heteroatoms. The zero-order valence-electron chi connectivity index (χ0n) is 17.6. The predicted molar refractivity (Wildman–Crippen MR) is 129 cm³/mol. The zero-order chi connectivity index (χ0) is 22.7. The number of fused-ring (bicyclic) bond motifs is 1. The fourth-order valence-corrected chi connectivity index (χ4v) is 5.89. The fourth-order valence-electron chi connectivity index (χ4n) is 3.44. The first kappa shape index (κ1) is 21.9. The van der Waals surface area contributed by atoms with Gasteiger partial charge in [-0.1, -0.05) is 36.4 Å². The number of benzene rings is 3. The number of hydrogen-bond acceptors (Lipinski definition) is 5. The van der Waals surface area contributed by atoms with E-state index >= 15 is 0 Å². The van der Waals surface area contributed by atoms with Crippen molar-refractivity contribution in [3.05, 3.63) is 83.7 Å². The van der Waals surface area contributed by atoms with Crippen molar-refractivity contribution in [1.29, 1.82) is 0 Å². The summed E-state index contributed by atoms with van der Waals surface area (Å²) in [6.07, 6.45) is 0. The van der Waals surface area contributed by atoms with Gasteiger partial charge in [0, 0.05) is 11.2 Å². The zero-order valence-corrected chi connectivity index (χ0v) is 19.2. The topological polar surface area (TPSA) is 75.7 Å². The van der Waals surface area contributed by atoms with E-state index < -0.39 is 10.0 Å². The molecule has 0 aliphatic carbocycles. The standard InChI is InChI=1S/C24H22N2O4S2/c1-3-26(18-10-5-4-6-11-18)32(28,29)19-13-14-21(30-2)20(16-19)25-24(27)23-15-17-9-7-8-12-22(17)31-23/h4-16H,3H2,1-2H3,(H,25,27). The third kappa shape index (κ3) is 4.19. The van der Waals surface area contributed by atoms with Gasteiger partial charge in [0.1, 0.15) is 5.75 Å². The summed E-state index contributed by atoms with van der Waals surface area (Å²) in [5.74, 6) is 0.0515. The SMILES string of the molecule is CCN(c1ccccc1)S(=O)(=O)c1ccc(OC)c(NC(=O)c2cc3ccccc3s2)c1. The summed E-state index contributed by atoms with van der Waals surface area (Å²) >= 11 is 1.37. The van der Waals surface area contributed by atoms with Crippen molar-refractivity contribution in [2.45, 2.75) is 11.8 Å². The van der Waals surface area contributed by atoms with Crippen molar-refractivity contribution in [1.82, 2.24) is 0 Å². The third-order valence-electron chi connectivity index (χ3n) is 4.99. The number of sulfonamides is 1. The second-order valence-corrected chi connectivity index (χ2v) is 9.92. The highest BCUT2D eigenvalue weighted by molar-refractivity contribution is 7.92. The van der Waals surface area contributed by atoms with Crippen LogP contribution in [0.3, 0.4) is 0 Å². The van der Waals surface area contributed by atoms with Crippen LogP contribution in [0, 0.1) is 0 Å². The molecule has 0 unspecified atom stereocenters. The van der Waals surface area contributed by atoms with E-state index in [2.05, 4.69) is 5.32 Å². The van der Waals surface area contributed by atoms with E-state index in [0.29, 0.717) is 22.0 Å². The molecule has 6 nitrogen and oxygen atoms in total. The molecule has 1 amide bonds.